The summed E-state index contributed by atoms with van der Waals surface area (Å²) in [6.07, 6.45) is 0. The molecule has 1 amide bonds. The molecule has 2 unspecified atom stereocenters. The minimum atomic E-state index is 0.106. The van der Waals surface area contributed by atoms with E-state index < -0.39 is 0 Å². The summed E-state index contributed by atoms with van der Waals surface area (Å²) in [7, 11) is 1.67. The first-order valence-corrected chi connectivity index (χ1v) is 10.6. The fourth-order valence-electron chi connectivity index (χ4n) is 4.20. The van der Waals surface area contributed by atoms with Gasteiger partial charge < -0.3 is 9.64 Å². The number of carbonyl (C=O) groups excluding carboxylic acids is 1. The monoisotopic (exact) mass is 414 g/mol. The van der Waals surface area contributed by atoms with Crippen molar-refractivity contribution in [1.29, 1.82) is 0 Å². The summed E-state index contributed by atoms with van der Waals surface area (Å²) in [5, 5.41) is 0.813. The molecule has 1 heterocycles. The lowest BCUT2D eigenvalue weighted by Crippen LogP contribution is -2.38. The molecule has 0 radical (unpaired) electrons. The number of hydrogen-bond donors (Lipinski definition) is 0. The molecule has 0 bridgehead atoms. The van der Waals surface area contributed by atoms with Crippen LogP contribution in [0.2, 0.25) is 5.02 Å². The third-order valence-corrected chi connectivity index (χ3v) is 6.21. The van der Waals surface area contributed by atoms with E-state index in [1.807, 2.05) is 23.1 Å². The number of benzene rings is 2. The number of halogens is 1. The number of aryl methyl sites for hydroxylation is 1. The Kier molecular flexibility index (Phi) is 7.70. The Morgan fingerprint density at radius 1 is 1.17 bits per heavy atom. The van der Waals surface area contributed by atoms with Crippen molar-refractivity contribution < 1.29 is 9.53 Å². The molecule has 1 aliphatic rings. The predicted octanol–water partition coefficient (Wildman–Crippen LogP) is 4.36. The molecule has 1 fully saturated rings. The van der Waals surface area contributed by atoms with Gasteiger partial charge in [0.1, 0.15) is 0 Å². The van der Waals surface area contributed by atoms with Gasteiger partial charge in [0.2, 0.25) is 5.91 Å². The maximum atomic E-state index is 12.2. The largest absolute Gasteiger partial charge is 0.383 e. The lowest BCUT2D eigenvalue weighted by Gasteiger charge is -2.27. The number of ether oxygens (including phenoxy) is 1. The number of hydrogen-bond acceptors (Lipinski definition) is 3. The highest BCUT2D eigenvalue weighted by atomic mass is 35.5. The topological polar surface area (TPSA) is 32.8 Å². The first kappa shape index (κ1) is 21.8. The minimum absolute atomic E-state index is 0.106. The Labute approximate surface area is 179 Å². The first-order valence-electron chi connectivity index (χ1n) is 10.2. The minimum Gasteiger partial charge on any atom is -0.383 e. The van der Waals surface area contributed by atoms with Crippen LogP contribution in [0, 0.1) is 12.8 Å². The Morgan fingerprint density at radius 2 is 1.90 bits per heavy atom. The maximum Gasteiger partial charge on any atom is 0.219 e. The SMILES string of the molecule is COCCN(CC1CN(Cc2ccccc2Cl)CC1c1ccc(C)cc1)C(C)=O. The van der Waals surface area contributed by atoms with E-state index in [0.717, 1.165) is 36.8 Å². The number of rotatable bonds is 8. The van der Waals surface area contributed by atoms with Crippen LogP contribution in [0.5, 0.6) is 0 Å². The average molecular weight is 415 g/mol. The molecule has 0 spiro atoms. The average Bonchev–Trinajstić information content (AvgIpc) is 3.09. The van der Waals surface area contributed by atoms with Crippen LogP contribution in [0.25, 0.3) is 0 Å². The molecule has 156 valence electrons. The van der Waals surface area contributed by atoms with Crippen LogP contribution in [-0.4, -0.2) is 55.6 Å². The Balaban J connectivity index is 1.79. The van der Waals surface area contributed by atoms with Crippen molar-refractivity contribution in [2.45, 2.75) is 26.3 Å². The van der Waals surface area contributed by atoms with Gasteiger partial charge in [-0.1, -0.05) is 59.6 Å². The highest BCUT2D eigenvalue weighted by molar-refractivity contribution is 6.31. The van der Waals surface area contributed by atoms with Gasteiger partial charge in [-0.05, 0) is 30.0 Å². The smallest absolute Gasteiger partial charge is 0.219 e. The van der Waals surface area contributed by atoms with Crippen molar-refractivity contribution in [3.63, 3.8) is 0 Å². The molecule has 1 saturated heterocycles. The second kappa shape index (κ2) is 10.2. The lowest BCUT2D eigenvalue weighted by molar-refractivity contribution is -0.130. The van der Waals surface area contributed by atoms with Gasteiger partial charge in [0.25, 0.3) is 0 Å². The van der Waals surface area contributed by atoms with Gasteiger partial charge in [-0.25, -0.2) is 0 Å². The summed E-state index contributed by atoms with van der Waals surface area (Å²) in [6.45, 7) is 8.44. The van der Waals surface area contributed by atoms with E-state index in [-0.39, 0.29) is 5.91 Å². The molecule has 4 nitrogen and oxygen atoms in total. The van der Waals surface area contributed by atoms with Gasteiger partial charge in [-0.3, -0.25) is 9.69 Å². The molecule has 3 rings (SSSR count). The van der Waals surface area contributed by atoms with Crippen LogP contribution in [0.15, 0.2) is 48.5 Å². The molecule has 0 N–H and O–H groups in total. The van der Waals surface area contributed by atoms with Crippen LogP contribution >= 0.6 is 11.6 Å². The van der Waals surface area contributed by atoms with E-state index in [9.17, 15) is 4.79 Å². The van der Waals surface area contributed by atoms with E-state index in [0.29, 0.717) is 25.0 Å². The fourth-order valence-corrected chi connectivity index (χ4v) is 4.39. The molecule has 0 aromatic heterocycles. The maximum absolute atomic E-state index is 12.2. The van der Waals surface area contributed by atoms with Crippen LogP contribution < -0.4 is 0 Å². The normalized spacial score (nSPS) is 19.4. The molecule has 2 aromatic carbocycles. The summed E-state index contributed by atoms with van der Waals surface area (Å²) < 4.78 is 5.21. The molecular formula is C24H31ClN2O2. The number of carbonyl (C=O) groups is 1. The molecule has 2 aromatic rings. The number of nitrogens with zero attached hydrogens (tertiary/aromatic N) is 2. The highest BCUT2D eigenvalue weighted by Gasteiger charge is 2.35. The molecule has 2 atom stereocenters. The molecular weight excluding hydrogens is 384 g/mol. The zero-order chi connectivity index (χ0) is 20.8. The summed E-state index contributed by atoms with van der Waals surface area (Å²) in [5.41, 5.74) is 3.76. The summed E-state index contributed by atoms with van der Waals surface area (Å²) >= 11 is 6.40. The standard InChI is InChI=1S/C24H31ClN2O2/c1-18-8-10-20(11-9-18)23-17-26(14-21-6-4-5-7-24(21)25)15-22(23)16-27(19(2)28)12-13-29-3/h4-11,22-23H,12-17H2,1-3H3. The van der Waals surface area contributed by atoms with Crippen LogP contribution in [-0.2, 0) is 16.1 Å². The third-order valence-electron chi connectivity index (χ3n) is 5.84. The first-order chi connectivity index (χ1) is 14.0. The van der Waals surface area contributed by atoms with Crippen molar-refractivity contribution in [3.8, 4) is 0 Å². The van der Waals surface area contributed by atoms with Crippen molar-refractivity contribution in [1.82, 2.24) is 9.80 Å². The zero-order valence-electron chi connectivity index (χ0n) is 17.6. The van der Waals surface area contributed by atoms with Crippen LogP contribution in [0.1, 0.15) is 29.5 Å². The van der Waals surface area contributed by atoms with E-state index >= 15 is 0 Å². The predicted molar refractivity (Wildman–Crippen MR) is 118 cm³/mol. The lowest BCUT2D eigenvalue weighted by atomic mass is 9.88. The van der Waals surface area contributed by atoms with E-state index in [1.165, 1.54) is 11.1 Å². The second-order valence-electron chi connectivity index (χ2n) is 8.02. The van der Waals surface area contributed by atoms with Crippen molar-refractivity contribution >= 4 is 17.5 Å². The molecule has 0 aliphatic carbocycles. The second-order valence-corrected chi connectivity index (χ2v) is 8.43. The van der Waals surface area contributed by atoms with E-state index in [2.05, 4.69) is 42.2 Å². The summed E-state index contributed by atoms with van der Waals surface area (Å²) in [5.74, 6) is 0.873. The van der Waals surface area contributed by atoms with Crippen molar-refractivity contribution in [2.75, 3.05) is 39.9 Å². The quantitative estimate of drug-likeness (QED) is 0.643. The molecule has 0 saturated carbocycles. The number of amides is 1. The summed E-state index contributed by atoms with van der Waals surface area (Å²) in [6, 6.07) is 16.9. The zero-order valence-corrected chi connectivity index (χ0v) is 18.4. The number of methoxy groups -OCH3 is 1. The van der Waals surface area contributed by atoms with E-state index in [4.69, 9.17) is 16.3 Å². The van der Waals surface area contributed by atoms with Gasteiger partial charge in [-0.15, -0.1) is 0 Å². The van der Waals surface area contributed by atoms with Gasteiger partial charge in [0, 0.05) is 57.7 Å². The van der Waals surface area contributed by atoms with Gasteiger partial charge in [-0.2, -0.15) is 0 Å². The molecule has 5 heteroatoms. The Morgan fingerprint density at radius 3 is 2.55 bits per heavy atom. The number of likely N-dealkylation sites (tertiary alicyclic amines) is 1. The Bertz CT molecular complexity index is 809. The Hall–Kier alpha value is -1.88. The molecule has 29 heavy (non-hydrogen) atoms. The summed E-state index contributed by atoms with van der Waals surface area (Å²) in [4.78, 5) is 16.6. The van der Waals surface area contributed by atoms with Gasteiger partial charge in [0.15, 0.2) is 0 Å². The van der Waals surface area contributed by atoms with E-state index in [1.54, 1.807) is 14.0 Å². The highest BCUT2D eigenvalue weighted by Crippen LogP contribution is 2.35. The van der Waals surface area contributed by atoms with Gasteiger partial charge >= 0.3 is 0 Å². The van der Waals surface area contributed by atoms with Crippen LogP contribution in [0.4, 0.5) is 0 Å². The van der Waals surface area contributed by atoms with Crippen molar-refractivity contribution in [3.05, 3.63) is 70.2 Å². The van der Waals surface area contributed by atoms with Crippen LogP contribution in [0.3, 0.4) is 0 Å². The van der Waals surface area contributed by atoms with Crippen molar-refractivity contribution in [2.24, 2.45) is 5.92 Å². The van der Waals surface area contributed by atoms with Gasteiger partial charge in [0.05, 0.1) is 6.61 Å². The third kappa shape index (κ3) is 5.81. The fraction of sp³-hybridized carbons (Fsp3) is 0.458. The molecule has 1 aliphatic heterocycles.